The van der Waals surface area contributed by atoms with Gasteiger partial charge in [-0.3, -0.25) is 4.79 Å². The monoisotopic (exact) mass is 312 g/mol. The molecule has 7 heteroatoms. The highest BCUT2D eigenvalue weighted by Crippen LogP contribution is 2.30. The Balaban J connectivity index is 2.16. The van der Waals surface area contributed by atoms with Crippen LogP contribution in [-0.2, 0) is 4.79 Å². The third-order valence-corrected chi connectivity index (χ3v) is 3.84. The lowest BCUT2D eigenvalue weighted by Gasteiger charge is -2.25. The minimum atomic E-state index is -1.18. The summed E-state index contributed by atoms with van der Waals surface area (Å²) in [4.78, 5) is 27.6. The molecule has 114 valence electrons. The number of amides is 1. The lowest BCUT2D eigenvalue weighted by molar-refractivity contribution is -0.144. The van der Waals surface area contributed by atoms with E-state index in [0.29, 0.717) is 19.4 Å². The van der Waals surface area contributed by atoms with E-state index in [4.69, 9.17) is 16.3 Å². The number of nitrogens with zero attached hydrogens (tertiary/aromatic N) is 1. The van der Waals surface area contributed by atoms with Crippen molar-refractivity contribution in [2.75, 3.05) is 6.61 Å². The van der Waals surface area contributed by atoms with Gasteiger partial charge >= 0.3 is 5.97 Å². The average molecular weight is 313 g/mol. The normalized spacial score (nSPS) is 16.5. The van der Waals surface area contributed by atoms with E-state index >= 15 is 0 Å². The number of carbonyl (C=O) groups excluding carboxylic acids is 1. The number of rotatable bonds is 5. The Morgan fingerprint density at radius 2 is 2.14 bits per heavy atom. The zero-order valence-electron chi connectivity index (χ0n) is 11.7. The Bertz CT molecular complexity index is 556. The summed E-state index contributed by atoms with van der Waals surface area (Å²) in [5.74, 6) is -1.24. The Morgan fingerprint density at radius 3 is 2.67 bits per heavy atom. The summed E-state index contributed by atoms with van der Waals surface area (Å²) in [5, 5.41) is 12.2. The molecule has 1 aliphatic rings. The Kier molecular flexibility index (Phi) is 4.67. The third kappa shape index (κ3) is 3.26. The number of halogens is 1. The number of hydrogen-bond acceptors (Lipinski definition) is 4. The number of hydrogen-bond donors (Lipinski definition) is 2. The van der Waals surface area contributed by atoms with E-state index in [2.05, 4.69) is 10.3 Å². The smallest absolute Gasteiger partial charge is 0.329 e. The van der Waals surface area contributed by atoms with Gasteiger partial charge < -0.3 is 15.2 Å². The molecule has 0 bridgehead atoms. The number of carbonyl (C=O) groups is 2. The number of nitrogens with one attached hydrogen (secondary N) is 1. The molecule has 1 aromatic heterocycles. The molecule has 2 N–H and O–H groups in total. The van der Waals surface area contributed by atoms with Crippen molar-refractivity contribution >= 4 is 23.5 Å². The van der Waals surface area contributed by atoms with E-state index in [-0.39, 0.29) is 16.5 Å². The highest BCUT2D eigenvalue weighted by atomic mass is 35.5. The first kappa shape index (κ1) is 15.6. The van der Waals surface area contributed by atoms with Crippen LogP contribution in [0.5, 0.6) is 5.88 Å². The Labute approximate surface area is 127 Å². The molecule has 21 heavy (non-hydrogen) atoms. The summed E-state index contributed by atoms with van der Waals surface area (Å²) in [6, 6.07) is 1.43. The standard InChI is InChI=1S/C14H17ClN2O4/c1-2-21-12-10(15)7-9(8-16-12)11(18)17-14(13(19)20)5-3-4-6-14/h7-8H,2-6H2,1H3,(H,17,18)(H,19,20). The number of ether oxygens (including phenoxy) is 1. The molecule has 1 aromatic rings. The van der Waals surface area contributed by atoms with Crippen molar-refractivity contribution in [1.82, 2.24) is 10.3 Å². The summed E-state index contributed by atoms with van der Waals surface area (Å²) >= 11 is 5.98. The van der Waals surface area contributed by atoms with Crippen LogP contribution in [-0.4, -0.2) is 34.1 Å². The van der Waals surface area contributed by atoms with Crippen molar-refractivity contribution in [2.45, 2.75) is 38.1 Å². The molecule has 1 heterocycles. The quantitative estimate of drug-likeness (QED) is 0.870. The SMILES string of the molecule is CCOc1ncc(C(=O)NC2(C(=O)O)CCCC2)cc1Cl. The van der Waals surface area contributed by atoms with Crippen molar-refractivity contribution in [2.24, 2.45) is 0 Å². The second-order valence-electron chi connectivity index (χ2n) is 4.99. The van der Waals surface area contributed by atoms with Gasteiger partial charge in [-0.25, -0.2) is 9.78 Å². The average Bonchev–Trinajstić information content (AvgIpc) is 2.91. The van der Waals surface area contributed by atoms with Crippen LogP contribution in [0.3, 0.4) is 0 Å². The van der Waals surface area contributed by atoms with E-state index in [1.807, 2.05) is 0 Å². The maximum absolute atomic E-state index is 12.2. The summed E-state index contributed by atoms with van der Waals surface area (Å²) in [6.07, 6.45) is 3.78. The van der Waals surface area contributed by atoms with Gasteiger partial charge in [-0.2, -0.15) is 0 Å². The van der Waals surface area contributed by atoms with E-state index in [1.54, 1.807) is 6.92 Å². The fraction of sp³-hybridized carbons (Fsp3) is 0.500. The number of carboxylic acids is 1. The van der Waals surface area contributed by atoms with Crippen LogP contribution in [0.2, 0.25) is 5.02 Å². The summed E-state index contributed by atoms with van der Waals surface area (Å²) in [7, 11) is 0. The van der Waals surface area contributed by atoms with Gasteiger partial charge in [-0.15, -0.1) is 0 Å². The number of carboxylic acid groups (broad SMARTS) is 1. The molecule has 0 spiro atoms. The second-order valence-corrected chi connectivity index (χ2v) is 5.40. The van der Waals surface area contributed by atoms with Crippen molar-refractivity contribution < 1.29 is 19.4 Å². The fourth-order valence-electron chi connectivity index (χ4n) is 2.45. The van der Waals surface area contributed by atoms with E-state index < -0.39 is 17.4 Å². The van der Waals surface area contributed by atoms with Gasteiger partial charge in [0.15, 0.2) is 0 Å². The Hall–Kier alpha value is -1.82. The molecular weight excluding hydrogens is 296 g/mol. The van der Waals surface area contributed by atoms with Crippen LogP contribution in [0.1, 0.15) is 43.0 Å². The molecule has 0 radical (unpaired) electrons. The molecule has 6 nitrogen and oxygen atoms in total. The molecule has 0 unspecified atom stereocenters. The van der Waals surface area contributed by atoms with E-state index in [9.17, 15) is 14.7 Å². The molecule has 2 rings (SSSR count). The van der Waals surface area contributed by atoms with Gasteiger partial charge in [0.05, 0.1) is 12.2 Å². The predicted molar refractivity (Wildman–Crippen MR) is 76.7 cm³/mol. The number of aromatic nitrogens is 1. The summed E-state index contributed by atoms with van der Waals surface area (Å²) in [6.45, 7) is 2.22. The molecule has 1 fully saturated rings. The molecular formula is C14H17ClN2O4. The molecule has 1 saturated carbocycles. The highest BCUT2D eigenvalue weighted by molar-refractivity contribution is 6.32. The van der Waals surface area contributed by atoms with Crippen LogP contribution in [0.15, 0.2) is 12.3 Å². The second kappa shape index (κ2) is 6.30. The van der Waals surface area contributed by atoms with Crippen LogP contribution in [0, 0.1) is 0 Å². The summed E-state index contributed by atoms with van der Waals surface area (Å²) < 4.78 is 5.19. The molecule has 0 aromatic carbocycles. The van der Waals surface area contributed by atoms with Crippen molar-refractivity contribution in [3.8, 4) is 5.88 Å². The van der Waals surface area contributed by atoms with Crippen LogP contribution in [0.4, 0.5) is 0 Å². The number of pyridine rings is 1. The molecule has 0 atom stereocenters. The molecule has 0 saturated heterocycles. The third-order valence-electron chi connectivity index (χ3n) is 3.57. The zero-order chi connectivity index (χ0) is 15.5. The van der Waals surface area contributed by atoms with Crippen LogP contribution < -0.4 is 10.1 Å². The summed E-state index contributed by atoms with van der Waals surface area (Å²) in [5.41, 5.74) is -0.960. The lowest BCUT2D eigenvalue weighted by Crippen LogP contribution is -2.52. The van der Waals surface area contributed by atoms with E-state index in [0.717, 1.165) is 12.8 Å². The minimum absolute atomic E-state index is 0.218. The molecule has 1 aliphatic carbocycles. The van der Waals surface area contributed by atoms with Gasteiger partial charge in [0, 0.05) is 6.20 Å². The van der Waals surface area contributed by atoms with Crippen LogP contribution in [0.25, 0.3) is 0 Å². The zero-order valence-corrected chi connectivity index (χ0v) is 12.4. The molecule has 1 amide bonds. The van der Waals surface area contributed by atoms with Crippen LogP contribution >= 0.6 is 11.6 Å². The Morgan fingerprint density at radius 1 is 1.48 bits per heavy atom. The molecule has 0 aliphatic heterocycles. The van der Waals surface area contributed by atoms with Gasteiger partial charge in [0.1, 0.15) is 10.6 Å². The van der Waals surface area contributed by atoms with Gasteiger partial charge in [-0.1, -0.05) is 24.4 Å². The van der Waals surface area contributed by atoms with Gasteiger partial charge in [0.25, 0.3) is 5.91 Å². The van der Waals surface area contributed by atoms with Crippen molar-refractivity contribution in [3.05, 3.63) is 22.8 Å². The first-order valence-corrected chi connectivity index (χ1v) is 7.20. The van der Waals surface area contributed by atoms with Gasteiger partial charge in [-0.05, 0) is 25.8 Å². The first-order chi connectivity index (χ1) is 9.98. The van der Waals surface area contributed by atoms with Gasteiger partial charge in [0.2, 0.25) is 5.88 Å². The van der Waals surface area contributed by atoms with E-state index in [1.165, 1.54) is 12.3 Å². The first-order valence-electron chi connectivity index (χ1n) is 6.83. The maximum Gasteiger partial charge on any atom is 0.329 e. The van der Waals surface area contributed by atoms with Crippen molar-refractivity contribution in [1.29, 1.82) is 0 Å². The topological polar surface area (TPSA) is 88.5 Å². The highest BCUT2D eigenvalue weighted by Gasteiger charge is 2.42. The largest absolute Gasteiger partial charge is 0.480 e. The minimum Gasteiger partial charge on any atom is -0.480 e. The maximum atomic E-state index is 12.2. The fourth-order valence-corrected chi connectivity index (χ4v) is 2.67. The number of aliphatic carboxylic acids is 1. The lowest BCUT2D eigenvalue weighted by atomic mass is 9.97. The predicted octanol–water partition coefficient (Wildman–Crippen LogP) is 2.26. The van der Waals surface area contributed by atoms with Crippen molar-refractivity contribution in [3.63, 3.8) is 0 Å².